The van der Waals surface area contributed by atoms with E-state index in [0.717, 1.165) is 42.9 Å². The maximum absolute atomic E-state index is 12.7. The summed E-state index contributed by atoms with van der Waals surface area (Å²) in [6.07, 6.45) is 2.51. The second kappa shape index (κ2) is 7.07. The molecule has 0 N–H and O–H groups in total. The van der Waals surface area contributed by atoms with Gasteiger partial charge in [-0.05, 0) is 50.5 Å². The van der Waals surface area contributed by atoms with Crippen LogP contribution < -0.4 is 4.74 Å². The Labute approximate surface area is 143 Å². The van der Waals surface area contributed by atoms with E-state index in [0.29, 0.717) is 6.42 Å². The SMILES string of the molecule is COc1cccc(CC(=O)N2CCC[C@@H](n3nc(C)cc3C)C2)c1. The van der Waals surface area contributed by atoms with Crippen molar-refractivity contribution in [2.45, 2.75) is 39.2 Å². The molecule has 128 valence electrons. The van der Waals surface area contributed by atoms with Crippen LogP contribution in [0.15, 0.2) is 30.3 Å². The van der Waals surface area contributed by atoms with Crippen molar-refractivity contribution in [3.05, 3.63) is 47.3 Å². The summed E-state index contributed by atoms with van der Waals surface area (Å²) in [4.78, 5) is 14.7. The predicted molar refractivity (Wildman–Crippen MR) is 93.3 cm³/mol. The molecule has 1 atom stereocenters. The lowest BCUT2D eigenvalue weighted by molar-refractivity contribution is -0.132. The molecule has 1 amide bonds. The quantitative estimate of drug-likeness (QED) is 0.867. The zero-order valence-electron chi connectivity index (χ0n) is 14.7. The van der Waals surface area contributed by atoms with Gasteiger partial charge in [0, 0.05) is 18.8 Å². The number of hydrogen-bond donors (Lipinski definition) is 0. The van der Waals surface area contributed by atoms with Crippen molar-refractivity contribution in [1.29, 1.82) is 0 Å². The second-order valence-electron chi connectivity index (χ2n) is 6.54. The average Bonchev–Trinajstić information content (AvgIpc) is 2.93. The molecule has 5 nitrogen and oxygen atoms in total. The molecule has 0 unspecified atom stereocenters. The molecule has 1 aromatic carbocycles. The molecular weight excluding hydrogens is 302 g/mol. The number of carbonyl (C=O) groups is 1. The fourth-order valence-corrected chi connectivity index (χ4v) is 3.47. The third-order valence-corrected chi connectivity index (χ3v) is 4.63. The summed E-state index contributed by atoms with van der Waals surface area (Å²) in [7, 11) is 1.64. The zero-order chi connectivity index (χ0) is 17.1. The first-order valence-electron chi connectivity index (χ1n) is 8.50. The Morgan fingerprint density at radius 3 is 2.88 bits per heavy atom. The van der Waals surface area contributed by atoms with Gasteiger partial charge in [0.05, 0.1) is 25.3 Å². The lowest BCUT2D eigenvalue weighted by Crippen LogP contribution is -2.41. The van der Waals surface area contributed by atoms with Gasteiger partial charge in [-0.2, -0.15) is 5.10 Å². The minimum absolute atomic E-state index is 0.175. The van der Waals surface area contributed by atoms with E-state index in [4.69, 9.17) is 4.74 Å². The van der Waals surface area contributed by atoms with E-state index < -0.39 is 0 Å². The lowest BCUT2D eigenvalue weighted by atomic mass is 10.0. The van der Waals surface area contributed by atoms with Gasteiger partial charge in [-0.25, -0.2) is 0 Å². The molecule has 0 aliphatic carbocycles. The Bertz CT molecular complexity index is 723. The first-order chi connectivity index (χ1) is 11.6. The van der Waals surface area contributed by atoms with Gasteiger partial charge in [-0.3, -0.25) is 9.48 Å². The number of aryl methyl sites for hydroxylation is 2. The van der Waals surface area contributed by atoms with Crippen LogP contribution >= 0.6 is 0 Å². The maximum atomic E-state index is 12.7. The summed E-state index contributed by atoms with van der Waals surface area (Å²) in [5, 5.41) is 4.60. The second-order valence-corrected chi connectivity index (χ2v) is 6.54. The minimum atomic E-state index is 0.175. The number of likely N-dealkylation sites (tertiary alicyclic amines) is 1. The molecular formula is C19H25N3O2. The molecule has 1 saturated heterocycles. The van der Waals surface area contributed by atoms with Crippen LogP contribution in [0.25, 0.3) is 0 Å². The smallest absolute Gasteiger partial charge is 0.227 e. The molecule has 1 aliphatic heterocycles. The normalized spacial score (nSPS) is 17.8. The van der Waals surface area contributed by atoms with Crippen LogP contribution in [0.2, 0.25) is 0 Å². The van der Waals surface area contributed by atoms with Gasteiger partial charge in [-0.15, -0.1) is 0 Å². The van der Waals surface area contributed by atoms with Gasteiger partial charge in [-0.1, -0.05) is 12.1 Å². The van der Waals surface area contributed by atoms with Crippen molar-refractivity contribution < 1.29 is 9.53 Å². The molecule has 5 heteroatoms. The van der Waals surface area contributed by atoms with E-state index in [1.54, 1.807) is 7.11 Å². The molecule has 2 heterocycles. The summed E-state index contributed by atoms with van der Waals surface area (Å²) >= 11 is 0. The molecule has 0 bridgehead atoms. The Morgan fingerprint density at radius 1 is 1.33 bits per heavy atom. The van der Waals surface area contributed by atoms with Crippen LogP contribution in [-0.4, -0.2) is 40.8 Å². The van der Waals surface area contributed by atoms with Crippen LogP contribution in [-0.2, 0) is 11.2 Å². The summed E-state index contributed by atoms with van der Waals surface area (Å²) < 4.78 is 7.32. The highest BCUT2D eigenvalue weighted by Crippen LogP contribution is 2.24. The van der Waals surface area contributed by atoms with Gasteiger partial charge in [0.1, 0.15) is 5.75 Å². The molecule has 1 aromatic heterocycles. The van der Waals surface area contributed by atoms with E-state index in [9.17, 15) is 4.79 Å². The number of piperidine rings is 1. The molecule has 0 radical (unpaired) electrons. The van der Waals surface area contributed by atoms with Crippen LogP contribution in [0.1, 0.15) is 35.8 Å². The lowest BCUT2D eigenvalue weighted by Gasteiger charge is -2.33. The number of amides is 1. The van der Waals surface area contributed by atoms with Crippen molar-refractivity contribution >= 4 is 5.91 Å². The molecule has 1 fully saturated rings. The monoisotopic (exact) mass is 327 g/mol. The summed E-state index contributed by atoms with van der Waals surface area (Å²) in [6.45, 7) is 5.67. The van der Waals surface area contributed by atoms with Crippen LogP contribution in [0.4, 0.5) is 0 Å². The fourth-order valence-electron chi connectivity index (χ4n) is 3.47. The zero-order valence-corrected chi connectivity index (χ0v) is 14.7. The number of aromatic nitrogens is 2. The first-order valence-corrected chi connectivity index (χ1v) is 8.50. The number of carbonyl (C=O) groups excluding carboxylic acids is 1. The highest BCUT2D eigenvalue weighted by atomic mass is 16.5. The number of hydrogen-bond acceptors (Lipinski definition) is 3. The molecule has 3 rings (SSSR count). The molecule has 1 aliphatic rings. The third kappa shape index (κ3) is 3.61. The van der Waals surface area contributed by atoms with E-state index in [1.165, 1.54) is 5.69 Å². The van der Waals surface area contributed by atoms with Crippen LogP contribution in [0.3, 0.4) is 0 Å². The van der Waals surface area contributed by atoms with Crippen molar-refractivity contribution in [3.63, 3.8) is 0 Å². The van der Waals surface area contributed by atoms with Gasteiger partial charge < -0.3 is 9.64 Å². The standard InChI is InChI=1S/C19H25N3O2/c1-14-10-15(2)22(20-14)17-7-5-9-21(13-17)19(23)12-16-6-4-8-18(11-16)24-3/h4,6,8,10-11,17H,5,7,9,12-13H2,1-3H3/t17-/m1/s1. The Balaban J connectivity index is 1.67. The van der Waals surface area contributed by atoms with Gasteiger partial charge in [0.2, 0.25) is 5.91 Å². The Kier molecular flexibility index (Phi) is 4.88. The average molecular weight is 327 g/mol. The summed E-state index contributed by atoms with van der Waals surface area (Å²) in [5.41, 5.74) is 3.19. The number of methoxy groups -OCH3 is 1. The fraction of sp³-hybridized carbons (Fsp3) is 0.474. The molecule has 0 spiro atoms. The first kappa shape index (κ1) is 16.6. The van der Waals surface area contributed by atoms with Gasteiger partial charge in [0.25, 0.3) is 0 Å². The predicted octanol–water partition coefficient (Wildman–Crippen LogP) is 2.91. The highest BCUT2D eigenvalue weighted by Gasteiger charge is 2.26. The van der Waals surface area contributed by atoms with Crippen molar-refractivity contribution in [2.75, 3.05) is 20.2 Å². The van der Waals surface area contributed by atoms with E-state index in [1.807, 2.05) is 36.1 Å². The topological polar surface area (TPSA) is 47.4 Å². The Morgan fingerprint density at radius 2 is 2.17 bits per heavy atom. The highest BCUT2D eigenvalue weighted by molar-refractivity contribution is 5.79. The maximum Gasteiger partial charge on any atom is 0.227 e. The molecule has 0 saturated carbocycles. The van der Waals surface area contributed by atoms with Crippen molar-refractivity contribution in [3.8, 4) is 5.75 Å². The largest absolute Gasteiger partial charge is 0.497 e. The van der Waals surface area contributed by atoms with E-state index in [2.05, 4.69) is 22.8 Å². The van der Waals surface area contributed by atoms with Crippen molar-refractivity contribution in [1.82, 2.24) is 14.7 Å². The van der Waals surface area contributed by atoms with E-state index >= 15 is 0 Å². The van der Waals surface area contributed by atoms with Gasteiger partial charge >= 0.3 is 0 Å². The van der Waals surface area contributed by atoms with Crippen LogP contribution in [0, 0.1) is 13.8 Å². The number of benzene rings is 1. The van der Waals surface area contributed by atoms with E-state index in [-0.39, 0.29) is 11.9 Å². The van der Waals surface area contributed by atoms with Gasteiger partial charge in [0.15, 0.2) is 0 Å². The molecule has 2 aromatic rings. The summed E-state index contributed by atoms with van der Waals surface area (Å²) in [5.74, 6) is 0.967. The molecule has 24 heavy (non-hydrogen) atoms. The minimum Gasteiger partial charge on any atom is -0.497 e. The number of rotatable bonds is 4. The number of nitrogens with zero attached hydrogens (tertiary/aromatic N) is 3. The third-order valence-electron chi connectivity index (χ3n) is 4.63. The number of ether oxygens (including phenoxy) is 1. The van der Waals surface area contributed by atoms with Crippen LogP contribution in [0.5, 0.6) is 5.75 Å². The summed E-state index contributed by atoms with van der Waals surface area (Å²) in [6, 6.07) is 10.1. The Hall–Kier alpha value is -2.30. The van der Waals surface area contributed by atoms with Crippen molar-refractivity contribution in [2.24, 2.45) is 0 Å².